The minimum absolute atomic E-state index is 0.0333. The van der Waals surface area contributed by atoms with Crippen LogP contribution in [0.4, 0.5) is 5.69 Å². The largest absolute Gasteiger partial charge is 0.310 e. The molecular weight excluding hydrogens is 290 g/mol. The molecule has 6 heteroatoms. The molecule has 1 aromatic carbocycles. The van der Waals surface area contributed by atoms with Gasteiger partial charge in [-0.15, -0.1) is 0 Å². The molecule has 0 saturated heterocycles. The van der Waals surface area contributed by atoms with Gasteiger partial charge in [0.05, 0.1) is 0 Å². The summed E-state index contributed by atoms with van der Waals surface area (Å²) >= 11 is 0. The van der Waals surface area contributed by atoms with Gasteiger partial charge < -0.3 is 4.90 Å². The van der Waals surface area contributed by atoms with E-state index in [9.17, 15) is 4.79 Å². The van der Waals surface area contributed by atoms with Crippen LogP contribution in [-0.4, -0.2) is 32.2 Å². The summed E-state index contributed by atoms with van der Waals surface area (Å²) in [5.41, 5.74) is 4.48. The fourth-order valence-electron chi connectivity index (χ4n) is 2.92. The number of hydrogen-bond acceptors (Lipinski definition) is 4. The predicted molar refractivity (Wildman–Crippen MR) is 85.8 cm³/mol. The van der Waals surface area contributed by atoms with Crippen molar-refractivity contribution in [2.24, 2.45) is 0 Å². The third-order valence-corrected chi connectivity index (χ3v) is 4.05. The summed E-state index contributed by atoms with van der Waals surface area (Å²) in [4.78, 5) is 22.2. The Morgan fingerprint density at radius 2 is 1.96 bits per heavy atom. The zero-order chi connectivity index (χ0) is 15.6. The van der Waals surface area contributed by atoms with E-state index in [2.05, 4.69) is 27.2 Å². The SMILES string of the molecule is O=C(Cn1cncn1)N1CCc2cc(-c3ccncc3)ccc21. The number of rotatable bonds is 3. The molecule has 4 rings (SSSR count). The van der Waals surface area contributed by atoms with Gasteiger partial charge in [0, 0.05) is 24.6 Å². The first-order valence-corrected chi connectivity index (χ1v) is 7.47. The van der Waals surface area contributed by atoms with Crippen LogP contribution in [0, 0.1) is 0 Å². The number of fused-ring (bicyclic) bond motifs is 1. The zero-order valence-corrected chi connectivity index (χ0v) is 12.5. The van der Waals surface area contributed by atoms with Crippen LogP contribution in [0.5, 0.6) is 0 Å². The number of nitrogens with zero attached hydrogens (tertiary/aromatic N) is 5. The van der Waals surface area contributed by atoms with Gasteiger partial charge in [-0.25, -0.2) is 9.67 Å². The van der Waals surface area contributed by atoms with Gasteiger partial charge in [-0.1, -0.05) is 6.07 Å². The van der Waals surface area contributed by atoms with Gasteiger partial charge in [-0.2, -0.15) is 5.10 Å². The molecule has 1 aliphatic heterocycles. The molecule has 2 aromatic heterocycles. The van der Waals surface area contributed by atoms with Crippen LogP contribution in [0.25, 0.3) is 11.1 Å². The van der Waals surface area contributed by atoms with Crippen molar-refractivity contribution in [1.29, 1.82) is 0 Å². The Bertz CT molecular complexity index is 829. The van der Waals surface area contributed by atoms with Crippen molar-refractivity contribution in [3.63, 3.8) is 0 Å². The molecule has 3 heterocycles. The van der Waals surface area contributed by atoms with Gasteiger partial charge in [0.25, 0.3) is 0 Å². The molecule has 0 spiro atoms. The maximum atomic E-state index is 12.5. The van der Waals surface area contributed by atoms with E-state index >= 15 is 0 Å². The Balaban J connectivity index is 1.59. The first-order valence-electron chi connectivity index (χ1n) is 7.47. The molecule has 1 amide bonds. The Hall–Kier alpha value is -3.02. The molecule has 1 aliphatic rings. The molecular formula is C17H15N5O. The monoisotopic (exact) mass is 305 g/mol. The summed E-state index contributed by atoms with van der Waals surface area (Å²) in [6.45, 7) is 0.925. The molecule has 0 aliphatic carbocycles. The molecule has 3 aromatic rings. The lowest BCUT2D eigenvalue weighted by Gasteiger charge is -2.17. The Labute approximate surface area is 133 Å². The molecule has 0 bridgehead atoms. The van der Waals surface area contributed by atoms with E-state index in [1.807, 2.05) is 23.1 Å². The Kier molecular flexibility index (Phi) is 3.34. The molecule has 114 valence electrons. The fourth-order valence-corrected chi connectivity index (χ4v) is 2.92. The van der Waals surface area contributed by atoms with Gasteiger partial charge in [0.15, 0.2) is 0 Å². The van der Waals surface area contributed by atoms with E-state index < -0.39 is 0 Å². The summed E-state index contributed by atoms with van der Waals surface area (Å²) < 4.78 is 1.55. The summed E-state index contributed by atoms with van der Waals surface area (Å²) in [6, 6.07) is 10.2. The highest BCUT2D eigenvalue weighted by Crippen LogP contribution is 2.32. The molecule has 0 saturated carbocycles. The van der Waals surface area contributed by atoms with E-state index in [1.54, 1.807) is 23.4 Å². The first kappa shape index (κ1) is 13.6. The number of aromatic nitrogens is 4. The van der Waals surface area contributed by atoms with Gasteiger partial charge >= 0.3 is 0 Å². The molecule has 6 nitrogen and oxygen atoms in total. The predicted octanol–water partition coefficient (Wildman–Crippen LogP) is 1.93. The second-order valence-corrected chi connectivity index (χ2v) is 5.47. The Morgan fingerprint density at radius 3 is 2.74 bits per heavy atom. The van der Waals surface area contributed by atoms with E-state index in [-0.39, 0.29) is 12.5 Å². The highest BCUT2D eigenvalue weighted by Gasteiger charge is 2.25. The molecule has 0 atom stereocenters. The van der Waals surface area contributed by atoms with Crippen LogP contribution in [0.1, 0.15) is 5.56 Å². The third kappa shape index (κ3) is 2.59. The third-order valence-electron chi connectivity index (χ3n) is 4.05. The lowest BCUT2D eigenvalue weighted by atomic mass is 10.0. The van der Waals surface area contributed by atoms with E-state index in [4.69, 9.17) is 0 Å². The zero-order valence-electron chi connectivity index (χ0n) is 12.5. The summed E-state index contributed by atoms with van der Waals surface area (Å²) in [5, 5.41) is 3.99. The maximum Gasteiger partial charge on any atom is 0.248 e. The van der Waals surface area contributed by atoms with Crippen molar-refractivity contribution in [2.45, 2.75) is 13.0 Å². The van der Waals surface area contributed by atoms with Crippen molar-refractivity contribution in [2.75, 3.05) is 11.4 Å². The van der Waals surface area contributed by atoms with Crippen LogP contribution in [-0.2, 0) is 17.8 Å². The average molecular weight is 305 g/mol. The second-order valence-electron chi connectivity index (χ2n) is 5.47. The van der Waals surface area contributed by atoms with Gasteiger partial charge in [-0.3, -0.25) is 9.78 Å². The number of benzene rings is 1. The van der Waals surface area contributed by atoms with Crippen molar-refractivity contribution < 1.29 is 4.79 Å². The molecule has 23 heavy (non-hydrogen) atoms. The maximum absolute atomic E-state index is 12.5. The lowest BCUT2D eigenvalue weighted by Crippen LogP contribution is -2.32. The van der Waals surface area contributed by atoms with Crippen LogP contribution in [0.2, 0.25) is 0 Å². The fraction of sp³-hybridized carbons (Fsp3) is 0.176. The molecule has 0 N–H and O–H groups in total. The van der Waals surface area contributed by atoms with E-state index in [1.165, 1.54) is 11.9 Å². The minimum Gasteiger partial charge on any atom is -0.310 e. The standard InChI is InChI=1S/C17H15N5O/c23-17(10-21-12-19-11-20-21)22-8-5-15-9-14(1-2-16(15)22)13-3-6-18-7-4-13/h1-4,6-7,9,11-12H,5,8,10H2. The number of pyridine rings is 1. The lowest BCUT2D eigenvalue weighted by molar-refractivity contribution is -0.119. The summed E-state index contributed by atoms with van der Waals surface area (Å²) in [6.07, 6.45) is 7.44. The van der Waals surface area contributed by atoms with Crippen molar-refractivity contribution in [3.05, 3.63) is 60.9 Å². The molecule has 0 unspecified atom stereocenters. The van der Waals surface area contributed by atoms with Crippen molar-refractivity contribution >= 4 is 11.6 Å². The second kappa shape index (κ2) is 5.64. The van der Waals surface area contributed by atoms with E-state index in [0.29, 0.717) is 6.54 Å². The van der Waals surface area contributed by atoms with Crippen LogP contribution < -0.4 is 4.90 Å². The van der Waals surface area contributed by atoms with Gasteiger partial charge in [0.1, 0.15) is 19.2 Å². The number of amides is 1. The number of carbonyl (C=O) groups excluding carboxylic acids is 1. The summed E-state index contributed by atoms with van der Waals surface area (Å²) in [7, 11) is 0. The van der Waals surface area contributed by atoms with Crippen LogP contribution in [0.3, 0.4) is 0 Å². The number of anilines is 1. The normalized spacial score (nSPS) is 13.1. The Morgan fingerprint density at radius 1 is 1.09 bits per heavy atom. The summed E-state index contributed by atoms with van der Waals surface area (Å²) in [5.74, 6) is 0.0333. The molecule has 0 radical (unpaired) electrons. The van der Waals surface area contributed by atoms with E-state index in [0.717, 1.165) is 23.2 Å². The minimum atomic E-state index is 0.0333. The van der Waals surface area contributed by atoms with Gasteiger partial charge in [0.2, 0.25) is 5.91 Å². The van der Waals surface area contributed by atoms with Gasteiger partial charge in [-0.05, 0) is 47.4 Å². The van der Waals surface area contributed by atoms with Crippen LogP contribution in [0.15, 0.2) is 55.4 Å². The number of hydrogen-bond donors (Lipinski definition) is 0. The quantitative estimate of drug-likeness (QED) is 0.741. The number of carbonyl (C=O) groups is 1. The smallest absolute Gasteiger partial charge is 0.248 e. The first-order chi connectivity index (χ1) is 11.3. The molecule has 0 fully saturated rings. The average Bonchev–Trinajstić information content (AvgIpc) is 3.24. The highest BCUT2D eigenvalue weighted by molar-refractivity contribution is 5.95. The van der Waals surface area contributed by atoms with Crippen molar-refractivity contribution in [3.8, 4) is 11.1 Å². The van der Waals surface area contributed by atoms with Crippen LogP contribution >= 0.6 is 0 Å². The topological polar surface area (TPSA) is 63.9 Å². The van der Waals surface area contributed by atoms with Crippen molar-refractivity contribution in [1.82, 2.24) is 19.7 Å². The highest BCUT2D eigenvalue weighted by atomic mass is 16.2.